The van der Waals surface area contributed by atoms with Crippen LogP contribution in [0.2, 0.25) is 0 Å². The van der Waals surface area contributed by atoms with Crippen LogP contribution in [0.1, 0.15) is 38.0 Å². The van der Waals surface area contributed by atoms with Crippen molar-refractivity contribution in [2.75, 3.05) is 13.7 Å². The van der Waals surface area contributed by atoms with Gasteiger partial charge >= 0.3 is 0 Å². The fourth-order valence-electron chi connectivity index (χ4n) is 1.75. The van der Waals surface area contributed by atoms with E-state index in [9.17, 15) is 5.11 Å². The zero-order valence-corrected chi connectivity index (χ0v) is 10.9. The third kappa shape index (κ3) is 3.43. The minimum Gasteiger partial charge on any atom is -0.496 e. The van der Waals surface area contributed by atoms with Crippen LogP contribution in [0.4, 0.5) is 0 Å². The molecule has 4 nitrogen and oxygen atoms in total. The molecule has 0 amide bonds. The van der Waals surface area contributed by atoms with E-state index >= 15 is 0 Å². The van der Waals surface area contributed by atoms with Gasteiger partial charge in [-0.05, 0) is 28.7 Å². The average molecular weight is 238 g/mol. The molecule has 4 heteroatoms. The number of nitrogens with two attached hydrogens (primary N) is 1. The van der Waals surface area contributed by atoms with Gasteiger partial charge in [0.25, 0.3) is 0 Å². The molecule has 1 aromatic rings. The van der Waals surface area contributed by atoms with Crippen molar-refractivity contribution in [2.24, 2.45) is 5.84 Å². The maximum Gasteiger partial charge on any atom is 0.122 e. The van der Waals surface area contributed by atoms with Gasteiger partial charge in [0, 0.05) is 6.54 Å². The molecular formula is C13H22N2O2. The summed E-state index contributed by atoms with van der Waals surface area (Å²) in [6, 6.07) is 5.71. The molecular weight excluding hydrogens is 216 g/mol. The van der Waals surface area contributed by atoms with Crippen molar-refractivity contribution in [1.29, 1.82) is 0 Å². The third-order valence-electron chi connectivity index (χ3n) is 2.73. The summed E-state index contributed by atoms with van der Waals surface area (Å²) in [6.07, 6.45) is -0.605. The molecule has 4 N–H and O–H groups in total. The van der Waals surface area contributed by atoms with E-state index in [1.54, 1.807) is 7.11 Å². The summed E-state index contributed by atoms with van der Waals surface area (Å²) in [5.74, 6) is 6.05. The molecule has 0 saturated heterocycles. The standard InChI is InChI=1S/C13H22N2O2/c1-13(2,3)10-7-9(11(16)8-15-14)5-6-12(10)17-4/h5-7,11,15-16H,8,14H2,1-4H3. The first-order valence-electron chi connectivity index (χ1n) is 5.70. The maximum atomic E-state index is 9.89. The fraction of sp³-hybridized carbons (Fsp3) is 0.538. The van der Waals surface area contributed by atoms with E-state index in [1.165, 1.54) is 0 Å². The predicted octanol–water partition coefficient (Wildman–Crippen LogP) is 1.49. The second kappa shape index (κ2) is 5.49. The lowest BCUT2D eigenvalue weighted by Gasteiger charge is -2.24. The molecule has 0 heterocycles. The van der Waals surface area contributed by atoms with Crippen molar-refractivity contribution in [3.63, 3.8) is 0 Å². The number of aliphatic hydroxyl groups excluding tert-OH is 1. The summed E-state index contributed by atoms with van der Waals surface area (Å²) in [5, 5.41) is 9.89. The van der Waals surface area contributed by atoms with Gasteiger partial charge in [-0.1, -0.05) is 26.8 Å². The molecule has 0 spiro atoms. The van der Waals surface area contributed by atoms with Crippen LogP contribution in [0.3, 0.4) is 0 Å². The highest BCUT2D eigenvalue weighted by Gasteiger charge is 2.20. The molecule has 0 aliphatic rings. The molecule has 0 aliphatic carbocycles. The number of aliphatic hydroxyl groups is 1. The van der Waals surface area contributed by atoms with Crippen molar-refractivity contribution in [3.8, 4) is 5.75 Å². The Morgan fingerprint density at radius 1 is 1.41 bits per heavy atom. The van der Waals surface area contributed by atoms with Crippen molar-refractivity contribution in [3.05, 3.63) is 29.3 Å². The summed E-state index contributed by atoms with van der Waals surface area (Å²) >= 11 is 0. The number of hydrogen-bond acceptors (Lipinski definition) is 4. The first kappa shape index (κ1) is 14.0. The van der Waals surface area contributed by atoms with E-state index < -0.39 is 6.10 Å². The number of rotatable bonds is 4. The molecule has 1 atom stereocenters. The number of hydrazine groups is 1. The molecule has 1 unspecified atom stereocenters. The molecule has 0 radical (unpaired) electrons. The van der Waals surface area contributed by atoms with E-state index in [1.807, 2.05) is 18.2 Å². The van der Waals surface area contributed by atoms with Crippen LogP contribution in [0.25, 0.3) is 0 Å². The monoisotopic (exact) mass is 238 g/mol. The molecule has 0 bridgehead atoms. The average Bonchev–Trinajstić information content (AvgIpc) is 2.27. The molecule has 0 fully saturated rings. The first-order valence-corrected chi connectivity index (χ1v) is 5.70. The van der Waals surface area contributed by atoms with Gasteiger partial charge in [0.05, 0.1) is 13.2 Å². The summed E-state index contributed by atoms with van der Waals surface area (Å²) in [7, 11) is 1.65. The fourth-order valence-corrected chi connectivity index (χ4v) is 1.75. The Morgan fingerprint density at radius 2 is 2.06 bits per heavy atom. The van der Waals surface area contributed by atoms with Crippen molar-refractivity contribution >= 4 is 0 Å². The van der Waals surface area contributed by atoms with Crippen LogP contribution in [0.15, 0.2) is 18.2 Å². The van der Waals surface area contributed by atoms with E-state index in [2.05, 4.69) is 26.2 Å². The van der Waals surface area contributed by atoms with Crippen LogP contribution < -0.4 is 16.0 Å². The van der Waals surface area contributed by atoms with Gasteiger partial charge in [0.15, 0.2) is 0 Å². The summed E-state index contributed by atoms with van der Waals surface area (Å²) in [6.45, 7) is 6.67. The Labute approximate surface area is 103 Å². The highest BCUT2D eigenvalue weighted by Crippen LogP contribution is 2.33. The largest absolute Gasteiger partial charge is 0.496 e. The van der Waals surface area contributed by atoms with Crippen LogP contribution in [-0.4, -0.2) is 18.8 Å². The van der Waals surface area contributed by atoms with Crippen molar-refractivity contribution in [1.82, 2.24) is 5.43 Å². The van der Waals surface area contributed by atoms with Crippen molar-refractivity contribution < 1.29 is 9.84 Å². The topological polar surface area (TPSA) is 67.5 Å². The van der Waals surface area contributed by atoms with Gasteiger partial charge < -0.3 is 9.84 Å². The van der Waals surface area contributed by atoms with Gasteiger partial charge in [-0.2, -0.15) is 0 Å². The first-order chi connectivity index (χ1) is 7.90. The number of nitrogens with one attached hydrogen (secondary N) is 1. The van der Waals surface area contributed by atoms with Crippen molar-refractivity contribution in [2.45, 2.75) is 32.3 Å². The number of ether oxygens (including phenoxy) is 1. The van der Waals surface area contributed by atoms with Crippen LogP contribution in [-0.2, 0) is 5.41 Å². The van der Waals surface area contributed by atoms with Crippen LogP contribution >= 0.6 is 0 Å². The zero-order chi connectivity index (χ0) is 13.1. The lowest BCUT2D eigenvalue weighted by atomic mass is 9.85. The predicted molar refractivity (Wildman–Crippen MR) is 68.8 cm³/mol. The van der Waals surface area contributed by atoms with Gasteiger partial charge in [-0.15, -0.1) is 0 Å². The van der Waals surface area contributed by atoms with Crippen LogP contribution in [0, 0.1) is 0 Å². The van der Waals surface area contributed by atoms with E-state index in [4.69, 9.17) is 10.6 Å². The Morgan fingerprint density at radius 3 is 2.53 bits per heavy atom. The van der Waals surface area contributed by atoms with Gasteiger partial charge in [-0.25, -0.2) is 0 Å². The Bertz CT molecular complexity index is 372. The minimum atomic E-state index is -0.605. The van der Waals surface area contributed by atoms with Gasteiger partial charge in [-0.3, -0.25) is 11.3 Å². The van der Waals surface area contributed by atoms with E-state index in [0.717, 1.165) is 16.9 Å². The Hall–Kier alpha value is -1.10. The van der Waals surface area contributed by atoms with E-state index in [-0.39, 0.29) is 5.41 Å². The number of benzene rings is 1. The molecule has 1 rings (SSSR count). The Kier molecular flexibility index (Phi) is 4.51. The molecule has 96 valence electrons. The molecule has 1 aromatic carbocycles. The maximum absolute atomic E-state index is 9.89. The number of hydrogen-bond donors (Lipinski definition) is 3. The second-order valence-electron chi connectivity index (χ2n) is 5.13. The van der Waals surface area contributed by atoms with Gasteiger partial charge in [0.2, 0.25) is 0 Å². The SMILES string of the molecule is COc1ccc(C(O)CNN)cc1C(C)(C)C. The zero-order valence-electron chi connectivity index (χ0n) is 10.9. The molecule has 17 heavy (non-hydrogen) atoms. The third-order valence-corrected chi connectivity index (χ3v) is 2.73. The van der Waals surface area contributed by atoms with E-state index in [0.29, 0.717) is 6.54 Å². The lowest BCUT2D eigenvalue weighted by Crippen LogP contribution is -2.27. The van der Waals surface area contributed by atoms with Crippen LogP contribution in [0.5, 0.6) is 5.75 Å². The minimum absolute atomic E-state index is 0.0305. The molecule has 0 aromatic heterocycles. The quantitative estimate of drug-likeness (QED) is 0.549. The summed E-state index contributed by atoms with van der Waals surface area (Å²) < 4.78 is 5.34. The highest BCUT2D eigenvalue weighted by atomic mass is 16.5. The van der Waals surface area contributed by atoms with Gasteiger partial charge in [0.1, 0.15) is 5.75 Å². The lowest BCUT2D eigenvalue weighted by molar-refractivity contribution is 0.175. The summed E-state index contributed by atoms with van der Waals surface area (Å²) in [5.41, 5.74) is 4.36. The Balaban J connectivity index is 3.13. The highest BCUT2D eigenvalue weighted by molar-refractivity contribution is 5.42. The normalized spacial score (nSPS) is 13.5. The smallest absolute Gasteiger partial charge is 0.122 e. The summed E-state index contributed by atoms with van der Waals surface area (Å²) in [4.78, 5) is 0. The number of methoxy groups -OCH3 is 1. The molecule has 0 saturated carbocycles. The second-order valence-corrected chi connectivity index (χ2v) is 5.13. The molecule has 0 aliphatic heterocycles.